The van der Waals surface area contributed by atoms with Gasteiger partial charge in [-0.15, -0.1) is 12.4 Å². The van der Waals surface area contributed by atoms with Crippen molar-refractivity contribution in [1.29, 1.82) is 0 Å². The second-order valence-electron chi connectivity index (χ2n) is 5.88. The van der Waals surface area contributed by atoms with Gasteiger partial charge in [-0.05, 0) is 31.0 Å². The van der Waals surface area contributed by atoms with Crippen molar-refractivity contribution in [3.63, 3.8) is 0 Å². The summed E-state index contributed by atoms with van der Waals surface area (Å²) >= 11 is 5.97. The highest BCUT2D eigenvalue weighted by molar-refractivity contribution is 6.30. The molecule has 0 saturated carbocycles. The van der Waals surface area contributed by atoms with Gasteiger partial charge in [0.2, 0.25) is 0 Å². The molecule has 1 aromatic carbocycles. The Labute approximate surface area is 147 Å². The van der Waals surface area contributed by atoms with Gasteiger partial charge in [0.15, 0.2) is 0 Å². The minimum atomic E-state index is -0.449. The normalized spacial score (nSPS) is 13.3. The second kappa shape index (κ2) is 7.81. The highest BCUT2D eigenvalue weighted by atomic mass is 35.5. The third-order valence-corrected chi connectivity index (χ3v) is 4.25. The van der Waals surface area contributed by atoms with Crippen molar-refractivity contribution in [3.8, 4) is 5.69 Å². The summed E-state index contributed by atoms with van der Waals surface area (Å²) in [6, 6.07) is 7.29. The maximum atomic E-state index is 12.4. The number of nitrogens with one attached hydrogen (secondary N) is 1. The van der Waals surface area contributed by atoms with Crippen LogP contribution in [-0.2, 0) is 0 Å². The number of benzene rings is 1. The predicted molar refractivity (Wildman–Crippen MR) is 95.6 cm³/mol. The summed E-state index contributed by atoms with van der Waals surface area (Å²) < 4.78 is 1.62. The van der Waals surface area contributed by atoms with E-state index in [4.69, 9.17) is 17.3 Å². The van der Waals surface area contributed by atoms with Crippen LogP contribution >= 0.6 is 24.0 Å². The fourth-order valence-corrected chi connectivity index (χ4v) is 2.15. The van der Waals surface area contributed by atoms with Gasteiger partial charge in [-0.3, -0.25) is 4.79 Å². The van der Waals surface area contributed by atoms with Crippen LogP contribution in [0, 0.1) is 5.92 Å². The molecular weight excluding hydrogens is 335 g/mol. The van der Waals surface area contributed by atoms with Gasteiger partial charge >= 0.3 is 0 Å². The molecule has 1 aromatic heterocycles. The van der Waals surface area contributed by atoms with E-state index < -0.39 is 5.54 Å². The first-order chi connectivity index (χ1) is 10.4. The molecule has 1 heterocycles. The number of hydrogen-bond acceptors (Lipinski definition) is 3. The summed E-state index contributed by atoms with van der Waals surface area (Å²) in [4.78, 5) is 12.4. The fraction of sp³-hybridized carbons (Fsp3) is 0.375. The summed E-state index contributed by atoms with van der Waals surface area (Å²) in [5.41, 5.74) is 6.64. The van der Waals surface area contributed by atoms with Gasteiger partial charge in [0.25, 0.3) is 5.91 Å². The molecule has 5 nitrogen and oxygen atoms in total. The quantitative estimate of drug-likeness (QED) is 0.864. The maximum absolute atomic E-state index is 12.4. The van der Waals surface area contributed by atoms with E-state index in [1.54, 1.807) is 23.0 Å². The van der Waals surface area contributed by atoms with Crippen LogP contribution in [-0.4, -0.2) is 27.8 Å². The molecule has 0 saturated heterocycles. The molecule has 0 spiro atoms. The van der Waals surface area contributed by atoms with Gasteiger partial charge in [0.1, 0.15) is 0 Å². The number of carbonyl (C=O) groups excluding carboxylic acids is 1. The number of amides is 1. The average molecular weight is 357 g/mol. The number of nitrogens with two attached hydrogens (primary N) is 1. The van der Waals surface area contributed by atoms with Gasteiger partial charge in [0.05, 0.1) is 23.0 Å². The first kappa shape index (κ1) is 19.5. The van der Waals surface area contributed by atoms with E-state index in [2.05, 4.69) is 10.4 Å². The Hall–Kier alpha value is -1.56. The molecule has 0 radical (unpaired) electrons. The van der Waals surface area contributed by atoms with Crippen molar-refractivity contribution < 1.29 is 4.79 Å². The van der Waals surface area contributed by atoms with Crippen molar-refractivity contribution in [2.45, 2.75) is 26.3 Å². The van der Waals surface area contributed by atoms with E-state index in [0.717, 1.165) is 5.69 Å². The Morgan fingerprint density at radius 1 is 1.48 bits per heavy atom. The molecule has 2 rings (SSSR count). The fourth-order valence-electron chi connectivity index (χ4n) is 1.96. The monoisotopic (exact) mass is 356 g/mol. The molecule has 0 aliphatic rings. The summed E-state index contributed by atoms with van der Waals surface area (Å²) in [6.07, 6.45) is 3.21. The second-order valence-corrected chi connectivity index (χ2v) is 6.32. The molecule has 0 aliphatic carbocycles. The van der Waals surface area contributed by atoms with E-state index in [-0.39, 0.29) is 24.2 Å². The van der Waals surface area contributed by atoms with Crippen LogP contribution in [0.25, 0.3) is 5.69 Å². The molecular formula is C16H22Cl2N4O. The highest BCUT2D eigenvalue weighted by Crippen LogP contribution is 2.17. The van der Waals surface area contributed by atoms with E-state index in [9.17, 15) is 4.79 Å². The standard InChI is InChI=1S/C16H21ClN4O.ClH/c1-11(2)16(3,10-18)20-15(22)12-8-19-21(9-12)14-6-4-5-13(17)7-14;/h4-9,11H,10,18H2,1-3H3,(H,20,22);1H. The lowest BCUT2D eigenvalue weighted by Crippen LogP contribution is -2.54. The minimum Gasteiger partial charge on any atom is -0.345 e. The Kier molecular flexibility index (Phi) is 6.62. The van der Waals surface area contributed by atoms with Crippen molar-refractivity contribution >= 4 is 29.9 Å². The number of rotatable bonds is 5. The molecule has 23 heavy (non-hydrogen) atoms. The number of nitrogens with zero attached hydrogens (tertiary/aromatic N) is 2. The molecule has 0 aliphatic heterocycles. The lowest BCUT2D eigenvalue weighted by molar-refractivity contribution is 0.0883. The molecule has 0 fully saturated rings. The highest BCUT2D eigenvalue weighted by Gasteiger charge is 2.29. The van der Waals surface area contributed by atoms with Crippen LogP contribution in [0.4, 0.5) is 0 Å². The van der Waals surface area contributed by atoms with Crippen LogP contribution in [0.1, 0.15) is 31.1 Å². The maximum Gasteiger partial charge on any atom is 0.254 e. The van der Waals surface area contributed by atoms with Gasteiger partial charge in [0, 0.05) is 17.8 Å². The zero-order valence-electron chi connectivity index (χ0n) is 13.4. The van der Waals surface area contributed by atoms with Crippen molar-refractivity contribution in [3.05, 3.63) is 47.2 Å². The molecule has 2 aromatic rings. The van der Waals surface area contributed by atoms with Crippen molar-refractivity contribution in [1.82, 2.24) is 15.1 Å². The molecule has 1 amide bonds. The van der Waals surface area contributed by atoms with Gasteiger partial charge in [-0.2, -0.15) is 5.10 Å². The zero-order valence-corrected chi connectivity index (χ0v) is 15.0. The number of aromatic nitrogens is 2. The SMILES string of the molecule is CC(C)C(C)(CN)NC(=O)c1cnn(-c2cccc(Cl)c2)c1.Cl. The number of carbonyl (C=O) groups is 1. The van der Waals surface area contributed by atoms with Crippen LogP contribution in [0.5, 0.6) is 0 Å². The van der Waals surface area contributed by atoms with E-state index in [0.29, 0.717) is 17.1 Å². The number of hydrogen-bond donors (Lipinski definition) is 2. The van der Waals surface area contributed by atoms with Crippen LogP contribution in [0.2, 0.25) is 5.02 Å². The molecule has 1 unspecified atom stereocenters. The molecule has 1 atom stereocenters. The first-order valence-corrected chi connectivity index (χ1v) is 7.56. The summed E-state index contributed by atoms with van der Waals surface area (Å²) in [7, 11) is 0. The van der Waals surface area contributed by atoms with Gasteiger partial charge in [-0.1, -0.05) is 31.5 Å². The molecule has 3 N–H and O–H groups in total. The van der Waals surface area contributed by atoms with E-state index >= 15 is 0 Å². The summed E-state index contributed by atoms with van der Waals surface area (Å²) in [6.45, 7) is 6.38. The van der Waals surface area contributed by atoms with E-state index in [1.165, 1.54) is 6.20 Å². The Bertz CT molecular complexity index is 672. The third kappa shape index (κ3) is 4.47. The Balaban J connectivity index is 0.00000264. The van der Waals surface area contributed by atoms with Gasteiger partial charge < -0.3 is 11.1 Å². The minimum absolute atomic E-state index is 0. The summed E-state index contributed by atoms with van der Waals surface area (Å²) in [5.74, 6) is 0.0411. The lowest BCUT2D eigenvalue weighted by Gasteiger charge is -2.33. The predicted octanol–water partition coefficient (Wildman–Crippen LogP) is 3.05. The van der Waals surface area contributed by atoms with Crippen LogP contribution in [0.15, 0.2) is 36.7 Å². The third-order valence-electron chi connectivity index (χ3n) is 4.01. The lowest BCUT2D eigenvalue weighted by atomic mass is 9.88. The first-order valence-electron chi connectivity index (χ1n) is 7.19. The van der Waals surface area contributed by atoms with Crippen molar-refractivity contribution in [2.75, 3.05) is 6.54 Å². The zero-order chi connectivity index (χ0) is 16.3. The Morgan fingerprint density at radius 3 is 2.74 bits per heavy atom. The molecule has 126 valence electrons. The smallest absolute Gasteiger partial charge is 0.254 e. The summed E-state index contributed by atoms with van der Waals surface area (Å²) in [5, 5.41) is 7.83. The number of halogens is 2. The largest absolute Gasteiger partial charge is 0.345 e. The molecule has 0 bridgehead atoms. The topological polar surface area (TPSA) is 72.9 Å². The Morgan fingerprint density at radius 2 is 2.17 bits per heavy atom. The van der Waals surface area contributed by atoms with Crippen LogP contribution < -0.4 is 11.1 Å². The molecule has 7 heteroatoms. The average Bonchev–Trinajstić information content (AvgIpc) is 2.97. The van der Waals surface area contributed by atoms with Gasteiger partial charge in [-0.25, -0.2) is 4.68 Å². The van der Waals surface area contributed by atoms with Crippen LogP contribution in [0.3, 0.4) is 0 Å². The van der Waals surface area contributed by atoms with Crippen molar-refractivity contribution in [2.24, 2.45) is 11.7 Å². The van der Waals surface area contributed by atoms with E-state index in [1.807, 2.05) is 32.9 Å².